The van der Waals surface area contributed by atoms with Crippen LogP contribution in [0.1, 0.15) is 43.8 Å². The molecule has 8 nitrogen and oxygen atoms in total. The number of aromatic carboxylic acids is 1. The van der Waals surface area contributed by atoms with Crippen LogP contribution in [0.3, 0.4) is 0 Å². The summed E-state index contributed by atoms with van der Waals surface area (Å²) in [6.07, 6.45) is 7.19. The molecule has 4 N–H and O–H groups in total. The lowest BCUT2D eigenvalue weighted by molar-refractivity contribution is 0.0691. The van der Waals surface area contributed by atoms with E-state index in [-0.39, 0.29) is 17.2 Å². The van der Waals surface area contributed by atoms with Gasteiger partial charge in [-0.3, -0.25) is 9.78 Å². The third kappa shape index (κ3) is 3.84. The van der Waals surface area contributed by atoms with E-state index < -0.39 is 11.9 Å². The van der Waals surface area contributed by atoms with Gasteiger partial charge in [-0.1, -0.05) is 6.07 Å². The second kappa shape index (κ2) is 7.90. The normalized spacial score (nSPS) is 15.3. The van der Waals surface area contributed by atoms with Crippen LogP contribution < -0.4 is 11.1 Å². The number of aryl methyl sites for hydroxylation is 2. The van der Waals surface area contributed by atoms with Crippen molar-refractivity contribution in [1.29, 1.82) is 0 Å². The molecule has 1 unspecified atom stereocenters. The molecule has 0 saturated heterocycles. The summed E-state index contributed by atoms with van der Waals surface area (Å²) in [7, 11) is 0. The lowest BCUT2D eigenvalue weighted by atomic mass is 9.83. The quantitative estimate of drug-likeness (QED) is 0.597. The number of carboxylic acids is 1. The zero-order valence-electron chi connectivity index (χ0n) is 16.4. The summed E-state index contributed by atoms with van der Waals surface area (Å²) < 4.78 is 0. The molecular formula is C22H21N5O3. The van der Waals surface area contributed by atoms with Crippen LogP contribution in [0.15, 0.2) is 42.9 Å². The summed E-state index contributed by atoms with van der Waals surface area (Å²) in [5, 5.41) is 12.7. The highest BCUT2D eigenvalue weighted by Crippen LogP contribution is 2.29. The molecule has 0 aliphatic heterocycles. The van der Waals surface area contributed by atoms with Crippen molar-refractivity contribution < 1.29 is 14.7 Å². The van der Waals surface area contributed by atoms with Gasteiger partial charge in [-0.2, -0.15) is 0 Å². The first-order valence-electron chi connectivity index (χ1n) is 9.62. The number of anilines is 1. The Balaban J connectivity index is 1.60. The topological polar surface area (TPSA) is 131 Å². The first kappa shape index (κ1) is 19.5. The number of rotatable bonds is 5. The number of hydrogen-bond donors (Lipinski definition) is 3. The lowest BCUT2D eigenvalue weighted by Gasteiger charge is -2.27. The van der Waals surface area contributed by atoms with Crippen molar-refractivity contribution in [2.45, 2.75) is 32.2 Å². The molecule has 30 heavy (non-hydrogen) atoms. The first-order valence-corrected chi connectivity index (χ1v) is 9.62. The van der Waals surface area contributed by atoms with Gasteiger partial charge in [-0.15, -0.1) is 0 Å². The number of carbonyl (C=O) groups is 2. The smallest absolute Gasteiger partial charge is 0.336 e. The monoisotopic (exact) mass is 403 g/mol. The number of fused-ring (bicyclic) bond motifs is 1. The maximum Gasteiger partial charge on any atom is 0.336 e. The Morgan fingerprint density at radius 1 is 1.23 bits per heavy atom. The summed E-state index contributed by atoms with van der Waals surface area (Å²) >= 11 is 0. The Kier molecular flexibility index (Phi) is 5.14. The maximum atomic E-state index is 12.0. The van der Waals surface area contributed by atoms with E-state index >= 15 is 0 Å². The van der Waals surface area contributed by atoms with Gasteiger partial charge >= 0.3 is 5.97 Å². The fourth-order valence-corrected chi connectivity index (χ4v) is 3.89. The second-order valence-corrected chi connectivity index (χ2v) is 7.40. The Morgan fingerprint density at radius 3 is 2.80 bits per heavy atom. The van der Waals surface area contributed by atoms with E-state index in [4.69, 9.17) is 5.73 Å². The summed E-state index contributed by atoms with van der Waals surface area (Å²) in [5.74, 6) is -1.42. The van der Waals surface area contributed by atoms with Gasteiger partial charge in [0.2, 0.25) is 11.9 Å². The molecule has 1 amide bonds. The number of hydrogen-bond acceptors (Lipinski definition) is 6. The van der Waals surface area contributed by atoms with Crippen molar-refractivity contribution in [2.75, 3.05) is 5.32 Å². The van der Waals surface area contributed by atoms with Crippen molar-refractivity contribution in [2.24, 2.45) is 5.73 Å². The standard InChI is InChI=1S/C22H21N5O3/c1-12-8-14(11-24-10-12)18-6-7-25-22(27-18)26-15-4-2-13-3-5-16(21(29)30)19(20(23)28)17(13)9-15/h3,5-8,10-11,15H,2,4,9H2,1H3,(H2,23,28)(H,29,30)(H,25,26,27). The number of pyridine rings is 1. The van der Waals surface area contributed by atoms with Gasteiger partial charge in [0.05, 0.1) is 16.8 Å². The molecule has 0 radical (unpaired) electrons. The van der Waals surface area contributed by atoms with E-state index in [0.29, 0.717) is 24.4 Å². The number of aromatic nitrogens is 3. The van der Waals surface area contributed by atoms with Crippen LogP contribution in [0.5, 0.6) is 0 Å². The molecular weight excluding hydrogens is 382 g/mol. The zero-order chi connectivity index (χ0) is 21.3. The van der Waals surface area contributed by atoms with E-state index in [2.05, 4.69) is 20.3 Å². The largest absolute Gasteiger partial charge is 0.478 e. The molecule has 1 atom stereocenters. The van der Waals surface area contributed by atoms with E-state index in [9.17, 15) is 14.7 Å². The minimum Gasteiger partial charge on any atom is -0.478 e. The van der Waals surface area contributed by atoms with E-state index in [0.717, 1.165) is 28.8 Å². The molecule has 1 aliphatic carbocycles. The fraction of sp³-hybridized carbons (Fsp3) is 0.227. The lowest BCUT2D eigenvalue weighted by Crippen LogP contribution is -2.31. The van der Waals surface area contributed by atoms with Crippen LogP contribution in [0.4, 0.5) is 5.95 Å². The molecule has 2 aromatic heterocycles. The molecule has 8 heteroatoms. The van der Waals surface area contributed by atoms with Crippen molar-refractivity contribution in [1.82, 2.24) is 15.0 Å². The van der Waals surface area contributed by atoms with Crippen LogP contribution in [0.25, 0.3) is 11.3 Å². The van der Waals surface area contributed by atoms with E-state index in [1.807, 2.05) is 19.1 Å². The zero-order valence-corrected chi connectivity index (χ0v) is 16.4. The summed E-state index contributed by atoms with van der Waals surface area (Å²) in [4.78, 5) is 36.6. The molecule has 0 spiro atoms. The van der Waals surface area contributed by atoms with Crippen LogP contribution >= 0.6 is 0 Å². The van der Waals surface area contributed by atoms with Crippen molar-refractivity contribution in [3.8, 4) is 11.3 Å². The van der Waals surface area contributed by atoms with Crippen molar-refractivity contribution in [3.05, 3.63) is 70.7 Å². The molecule has 2 heterocycles. The molecule has 1 aromatic carbocycles. The summed E-state index contributed by atoms with van der Waals surface area (Å²) in [6.45, 7) is 1.97. The highest BCUT2D eigenvalue weighted by Gasteiger charge is 2.27. The first-order chi connectivity index (χ1) is 14.4. The number of carbonyl (C=O) groups excluding carboxylic acids is 1. The molecule has 0 bridgehead atoms. The third-order valence-corrected chi connectivity index (χ3v) is 5.26. The third-order valence-electron chi connectivity index (χ3n) is 5.26. The second-order valence-electron chi connectivity index (χ2n) is 7.40. The van der Waals surface area contributed by atoms with E-state index in [1.54, 1.807) is 24.7 Å². The van der Waals surface area contributed by atoms with Crippen LogP contribution in [0.2, 0.25) is 0 Å². The molecule has 1 aliphatic rings. The Labute approximate surface area is 173 Å². The van der Waals surface area contributed by atoms with E-state index in [1.165, 1.54) is 6.07 Å². The number of amides is 1. The highest BCUT2D eigenvalue weighted by molar-refractivity contribution is 6.05. The highest BCUT2D eigenvalue weighted by atomic mass is 16.4. The van der Waals surface area contributed by atoms with Gasteiger partial charge in [-0.05, 0) is 61.1 Å². The van der Waals surface area contributed by atoms with Crippen molar-refractivity contribution >= 4 is 17.8 Å². The van der Waals surface area contributed by atoms with Gasteiger partial charge in [0.15, 0.2) is 0 Å². The Bertz CT molecular complexity index is 1150. The van der Waals surface area contributed by atoms with Gasteiger partial charge < -0.3 is 16.2 Å². The molecule has 152 valence electrons. The number of nitrogens with zero attached hydrogens (tertiary/aromatic N) is 3. The number of primary amides is 1. The summed E-state index contributed by atoms with van der Waals surface area (Å²) in [6, 6.07) is 7.00. The van der Waals surface area contributed by atoms with Crippen LogP contribution in [0, 0.1) is 6.92 Å². The predicted octanol–water partition coefficient (Wildman–Crippen LogP) is 2.61. The number of carboxylic acid groups (broad SMARTS) is 1. The molecule has 0 saturated carbocycles. The number of nitrogens with one attached hydrogen (secondary N) is 1. The van der Waals surface area contributed by atoms with Gasteiger partial charge in [0.25, 0.3) is 0 Å². The van der Waals surface area contributed by atoms with Crippen LogP contribution in [-0.2, 0) is 12.8 Å². The van der Waals surface area contributed by atoms with Crippen molar-refractivity contribution in [3.63, 3.8) is 0 Å². The fourth-order valence-electron chi connectivity index (χ4n) is 3.89. The van der Waals surface area contributed by atoms with Gasteiger partial charge in [0, 0.05) is 30.2 Å². The van der Waals surface area contributed by atoms with Gasteiger partial charge in [-0.25, -0.2) is 14.8 Å². The Morgan fingerprint density at radius 2 is 2.07 bits per heavy atom. The molecule has 0 fully saturated rings. The predicted molar refractivity (Wildman–Crippen MR) is 111 cm³/mol. The average molecular weight is 403 g/mol. The summed E-state index contributed by atoms with van der Waals surface area (Å²) in [5.41, 5.74) is 9.88. The average Bonchev–Trinajstić information content (AvgIpc) is 2.72. The molecule has 4 rings (SSSR count). The minimum atomic E-state index is -1.16. The SMILES string of the molecule is Cc1cncc(-c2ccnc(NC3CCc4ccc(C(=O)O)c(C(N)=O)c4C3)n2)c1. The van der Waals surface area contributed by atoms with Gasteiger partial charge in [0.1, 0.15) is 0 Å². The minimum absolute atomic E-state index is 0.0504. The molecule has 3 aromatic rings. The Hall–Kier alpha value is -3.81. The van der Waals surface area contributed by atoms with Crippen LogP contribution in [-0.4, -0.2) is 38.0 Å². The maximum absolute atomic E-state index is 12.0. The number of nitrogens with two attached hydrogens (primary N) is 1. The number of benzene rings is 1.